The lowest BCUT2D eigenvalue weighted by molar-refractivity contribution is 0.552. The van der Waals surface area contributed by atoms with Gasteiger partial charge in [0.1, 0.15) is 5.82 Å². The molecular formula is C14H22N4. The predicted octanol–water partition coefficient (Wildman–Crippen LogP) is 1.82. The number of aromatic nitrogens is 2. The summed E-state index contributed by atoms with van der Waals surface area (Å²) in [6, 6.07) is 8.41. The number of nitrogens with two attached hydrogens (primary N) is 1. The average molecular weight is 246 g/mol. The molecule has 1 heterocycles. The zero-order chi connectivity index (χ0) is 12.8. The number of hydrogen-bond donors (Lipinski definition) is 3. The van der Waals surface area contributed by atoms with Crippen molar-refractivity contribution in [2.75, 3.05) is 13.1 Å². The highest BCUT2D eigenvalue weighted by Gasteiger charge is 2.02. The van der Waals surface area contributed by atoms with Gasteiger partial charge in [-0.3, -0.25) is 0 Å². The fourth-order valence-corrected chi connectivity index (χ4v) is 1.94. The third-order valence-corrected chi connectivity index (χ3v) is 3.14. The molecule has 1 unspecified atom stereocenters. The number of aryl methyl sites for hydroxylation is 1. The minimum absolute atomic E-state index is 0.274. The van der Waals surface area contributed by atoms with Gasteiger partial charge in [0.15, 0.2) is 0 Å². The van der Waals surface area contributed by atoms with Crippen LogP contribution >= 0.6 is 0 Å². The van der Waals surface area contributed by atoms with Gasteiger partial charge in [-0.2, -0.15) is 0 Å². The standard InChI is InChI=1S/C14H22N4/c1-2-11(15)10-16-9-5-8-14-17-12-6-3-4-7-13(12)18-14/h3-4,6-7,11,16H,2,5,8-10,15H2,1H3,(H,17,18). The molecule has 4 N–H and O–H groups in total. The van der Waals surface area contributed by atoms with E-state index in [0.717, 1.165) is 49.2 Å². The molecule has 18 heavy (non-hydrogen) atoms. The number of nitrogens with one attached hydrogen (secondary N) is 2. The summed E-state index contributed by atoms with van der Waals surface area (Å²) in [5.41, 5.74) is 8.00. The summed E-state index contributed by atoms with van der Waals surface area (Å²) < 4.78 is 0. The number of para-hydroxylation sites is 2. The van der Waals surface area contributed by atoms with E-state index in [-0.39, 0.29) is 6.04 Å². The zero-order valence-corrected chi connectivity index (χ0v) is 10.9. The number of hydrogen-bond acceptors (Lipinski definition) is 3. The maximum atomic E-state index is 5.84. The topological polar surface area (TPSA) is 66.7 Å². The van der Waals surface area contributed by atoms with Crippen molar-refractivity contribution in [2.45, 2.75) is 32.2 Å². The smallest absolute Gasteiger partial charge is 0.107 e. The molecule has 0 amide bonds. The second kappa shape index (κ2) is 6.52. The van der Waals surface area contributed by atoms with E-state index in [1.165, 1.54) is 0 Å². The number of imidazole rings is 1. The highest BCUT2D eigenvalue weighted by Crippen LogP contribution is 2.10. The number of H-pyrrole nitrogens is 1. The Hall–Kier alpha value is -1.39. The number of rotatable bonds is 7. The normalized spacial score (nSPS) is 13.0. The molecule has 98 valence electrons. The Morgan fingerprint density at radius 2 is 2.22 bits per heavy atom. The van der Waals surface area contributed by atoms with E-state index in [1.54, 1.807) is 0 Å². The van der Waals surface area contributed by atoms with Crippen LogP contribution in [0.1, 0.15) is 25.6 Å². The maximum absolute atomic E-state index is 5.84. The van der Waals surface area contributed by atoms with Crippen LogP contribution < -0.4 is 11.1 Å². The van der Waals surface area contributed by atoms with Crippen LogP contribution in [0.15, 0.2) is 24.3 Å². The van der Waals surface area contributed by atoms with Crippen LogP contribution in [-0.4, -0.2) is 29.1 Å². The van der Waals surface area contributed by atoms with E-state index in [2.05, 4.69) is 28.3 Å². The molecule has 0 aliphatic rings. The number of nitrogens with zero attached hydrogens (tertiary/aromatic N) is 1. The van der Waals surface area contributed by atoms with Crippen LogP contribution in [0.3, 0.4) is 0 Å². The van der Waals surface area contributed by atoms with E-state index in [0.29, 0.717) is 0 Å². The summed E-state index contributed by atoms with van der Waals surface area (Å²) in [5, 5.41) is 3.37. The molecule has 4 heteroatoms. The quantitative estimate of drug-likeness (QED) is 0.653. The summed E-state index contributed by atoms with van der Waals surface area (Å²) in [6.07, 6.45) is 3.08. The first-order valence-corrected chi connectivity index (χ1v) is 6.69. The van der Waals surface area contributed by atoms with Crippen LogP contribution in [0.25, 0.3) is 11.0 Å². The largest absolute Gasteiger partial charge is 0.342 e. The molecule has 0 aliphatic heterocycles. The minimum atomic E-state index is 0.274. The fourth-order valence-electron chi connectivity index (χ4n) is 1.94. The maximum Gasteiger partial charge on any atom is 0.107 e. The third-order valence-electron chi connectivity index (χ3n) is 3.14. The summed E-state index contributed by atoms with van der Waals surface area (Å²) >= 11 is 0. The van der Waals surface area contributed by atoms with E-state index < -0.39 is 0 Å². The van der Waals surface area contributed by atoms with E-state index in [4.69, 9.17) is 5.73 Å². The predicted molar refractivity (Wildman–Crippen MR) is 75.6 cm³/mol. The summed E-state index contributed by atoms with van der Waals surface area (Å²) in [7, 11) is 0. The molecule has 1 aromatic carbocycles. The first kappa shape index (κ1) is 13.1. The Bertz CT molecular complexity index is 444. The second-order valence-electron chi connectivity index (χ2n) is 4.68. The van der Waals surface area contributed by atoms with Gasteiger partial charge >= 0.3 is 0 Å². The Labute approximate surface area is 108 Å². The lowest BCUT2D eigenvalue weighted by Crippen LogP contribution is -2.33. The molecule has 0 saturated carbocycles. The van der Waals surface area contributed by atoms with Crippen molar-refractivity contribution in [3.05, 3.63) is 30.1 Å². The average Bonchev–Trinajstić information content (AvgIpc) is 2.80. The SMILES string of the molecule is CCC(N)CNCCCc1nc2ccccc2[nH]1. The fraction of sp³-hybridized carbons (Fsp3) is 0.500. The molecule has 2 aromatic rings. The third kappa shape index (κ3) is 3.55. The van der Waals surface area contributed by atoms with Crippen molar-refractivity contribution >= 4 is 11.0 Å². The van der Waals surface area contributed by atoms with Crippen LogP contribution in [0.4, 0.5) is 0 Å². The van der Waals surface area contributed by atoms with E-state index in [9.17, 15) is 0 Å². The van der Waals surface area contributed by atoms with Crippen molar-refractivity contribution in [3.8, 4) is 0 Å². The van der Waals surface area contributed by atoms with Gasteiger partial charge in [0.25, 0.3) is 0 Å². The van der Waals surface area contributed by atoms with Crippen molar-refractivity contribution < 1.29 is 0 Å². The van der Waals surface area contributed by atoms with E-state index in [1.807, 2.05) is 18.2 Å². The molecule has 0 aliphatic carbocycles. The van der Waals surface area contributed by atoms with E-state index >= 15 is 0 Å². The van der Waals surface area contributed by atoms with Crippen LogP contribution in [0.5, 0.6) is 0 Å². The summed E-state index contributed by atoms with van der Waals surface area (Å²) in [6.45, 7) is 4.00. The highest BCUT2D eigenvalue weighted by atomic mass is 14.9. The molecular weight excluding hydrogens is 224 g/mol. The first-order chi connectivity index (χ1) is 8.79. The Balaban J connectivity index is 1.73. The second-order valence-corrected chi connectivity index (χ2v) is 4.68. The zero-order valence-electron chi connectivity index (χ0n) is 10.9. The molecule has 1 aromatic heterocycles. The Kier molecular flexibility index (Phi) is 4.73. The van der Waals surface area contributed by atoms with Crippen molar-refractivity contribution in [1.82, 2.24) is 15.3 Å². The van der Waals surface area contributed by atoms with Gasteiger partial charge in [0, 0.05) is 19.0 Å². The van der Waals surface area contributed by atoms with Gasteiger partial charge in [-0.25, -0.2) is 4.98 Å². The molecule has 0 saturated heterocycles. The minimum Gasteiger partial charge on any atom is -0.342 e. The molecule has 2 rings (SSSR count). The van der Waals surface area contributed by atoms with Crippen LogP contribution in [-0.2, 0) is 6.42 Å². The van der Waals surface area contributed by atoms with Gasteiger partial charge in [-0.05, 0) is 31.5 Å². The molecule has 0 spiro atoms. The van der Waals surface area contributed by atoms with Gasteiger partial charge in [0.05, 0.1) is 11.0 Å². The van der Waals surface area contributed by atoms with Gasteiger partial charge < -0.3 is 16.0 Å². The summed E-state index contributed by atoms with van der Waals surface area (Å²) in [4.78, 5) is 7.90. The Morgan fingerprint density at radius 1 is 1.39 bits per heavy atom. The first-order valence-electron chi connectivity index (χ1n) is 6.69. The van der Waals surface area contributed by atoms with Gasteiger partial charge in [-0.1, -0.05) is 19.1 Å². The lowest BCUT2D eigenvalue weighted by Gasteiger charge is -2.09. The molecule has 0 radical (unpaired) electrons. The lowest BCUT2D eigenvalue weighted by atomic mass is 10.2. The number of benzene rings is 1. The monoisotopic (exact) mass is 246 g/mol. The Morgan fingerprint density at radius 3 is 3.00 bits per heavy atom. The number of fused-ring (bicyclic) bond motifs is 1. The molecule has 4 nitrogen and oxygen atoms in total. The number of aromatic amines is 1. The van der Waals surface area contributed by atoms with Gasteiger partial charge in [0.2, 0.25) is 0 Å². The van der Waals surface area contributed by atoms with Crippen LogP contribution in [0, 0.1) is 0 Å². The van der Waals surface area contributed by atoms with Gasteiger partial charge in [-0.15, -0.1) is 0 Å². The van der Waals surface area contributed by atoms with Crippen molar-refractivity contribution in [3.63, 3.8) is 0 Å². The summed E-state index contributed by atoms with van der Waals surface area (Å²) in [5.74, 6) is 1.07. The highest BCUT2D eigenvalue weighted by molar-refractivity contribution is 5.74. The molecule has 0 bridgehead atoms. The van der Waals surface area contributed by atoms with Crippen molar-refractivity contribution in [1.29, 1.82) is 0 Å². The molecule has 1 atom stereocenters. The van der Waals surface area contributed by atoms with Crippen molar-refractivity contribution in [2.24, 2.45) is 5.73 Å². The van der Waals surface area contributed by atoms with Crippen LogP contribution in [0.2, 0.25) is 0 Å². The molecule has 0 fully saturated rings.